The third-order valence-electron chi connectivity index (χ3n) is 5.17. The Hall–Kier alpha value is -3.55. The number of rotatable bonds is 5. The van der Waals surface area contributed by atoms with E-state index in [2.05, 4.69) is 10.9 Å². The molecule has 0 aliphatic carbocycles. The van der Waals surface area contributed by atoms with Crippen molar-refractivity contribution in [3.8, 4) is 16.9 Å². The number of nitrogens with zero attached hydrogens (tertiary/aromatic N) is 1. The van der Waals surface area contributed by atoms with Gasteiger partial charge in [-0.15, -0.1) is 0 Å². The second-order valence-electron chi connectivity index (χ2n) is 8.93. The summed E-state index contributed by atoms with van der Waals surface area (Å²) in [6.45, 7) is 6.08. The summed E-state index contributed by atoms with van der Waals surface area (Å²) in [7, 11) is 0. The summed E-state index contributed by atoms with van der Waals surface area (Å²) in [5, 5.41) is 0. The Morgan fingerprint density at radius 1 is 0.939 bits per heavy atom. The fraction of sp³-hybridized carbons (Fsp3) is 0.400. The molecule has 1 aliphatic rings. The maximum Gasteiger partial charge on any atom is 0.410 e. The predicted molar refractivity (Wildman–Crippen MR) is 124 cm³/mol. The second-order valence-corrected chi connectivity index (χ2v) is 8.93. The normalized spacial score (nSPS) is 14.3. The first-order valence-electron chi connectivity index (χ1n) is 11.1. The van der Waals surface area contributed by atoms with E-state index >= 15 is 0 Å². The van der Waals surface area contributed by atoms with Gasteiger partial charge >= 0.3 is 6.09 Å². The maximum absolute atomic E-state index is 12.4. The SMILES string of the molecule is CC(C)(C)OC(=O)N1CCC(C(=O)NNC(=O)COc2ccccc2-c2ccccc2)CC1. The lowest BCUT2D eigenvalue weighted by Crippen LogP contribution is -2.49. The van der Waals surface area contributed by atoms with Crippen molar-refractivity contribution in [1.82, 2.24) is 15.8 Å². The van der Waals surface area contributed by atoms with Crippen LogP contribution in [0.2, 0.25) is 0 Å². The number of hydrogen-bond donors (Lipinski definition) is 2. The number of benzene rings is 2. The highest BCUT2D eigenvalue weighted by atomic mass is 16.6. The minimum Gasteiger partial charge on any atom is -0.483 e. The quantitative estimate of drug-likeness (QED) is 0.675. The number of carbonyl (C=O) groups is 3. The summed E-state index contributed by atoms with van der Waals surface area (Å²) < 4.78 is 11.1. The van der Waals surface area contributed by atoms with Gasteiger partial charge in [0.05, 0.1) is 0 Å². The Morgan fingerprint density at radius 2 is 1.58 bits per heavy atom. The third kappa shape index (κ3) is 7.24. The Morgan fingerprint density at radius 3 is 2.24 bits per heavy atom. The van der Waals surface area contributed by atoms with Crippen molar-refractivity contribution in [3.63, 3.8) is 0 Å². The molecule has 0 spiro atoms. The van der Waals surface area contributed by atoms with Gasteiger partial charge in [-0.3, -0.25) is 20.4 Å². The largest absolute Gasteiger partial charge is 0.483 e. The molecular weight excluding hydrogens is 422 g/mol. The Balaban J connectivity index is 1.42. The maximum atomic E-state index is 12.4. The topological polar surface area (TPSA) is 97.0 Å². The van der Waals surface area contributed by atoms with E-state index < -0.39 is 11.5 Å². The average molecular weight is 454 g/mol. The molecule has 33 heavy (non-hydrogen) atoms. The zero-order chi connectivity index (χ0) is 23.8. The molecule has 0 unspecified atom stereocenters. The van der Waals surface area contributed by atoms with Crippen molar-refractivity contribution >= 4 is 17.9 Å². The van der Waals surface area contributed by atoms with E-state index in [-0.39, 0.29) is 24.5 Å². The molecule has 1 fully saturated rings. The van der Waals surface area contributed by atoms with Gasteiger partial charge in [0.2, 0.25) is 5.91 Å². The predicted octanol–water partition coefficient (Wildman–Crippen LogP) is 3.53. The van der Waals surface area contributed by atoms with E-state index in [1.54, 1.807) is 11.0 Å². The molecule has 1 aliphatic heterocycles. The first-order valence-corrected chi connectivity index (χ1v) is 11.1. The number of nitrogens with one attached hydrogen (secondary N) is 2. The van der Waals surface area contributed by atoms with E-state index in [0.717, 1.165) is 11.1 Å². The Bertz CT molecular complexity index is 964. The lowest BCUT2D eigenvalue weighted by molar-refractivity contribution is -0.133. The number of hydrazine groups is 1. The average Bonchev–Trinajstić information content (AvgIpc) is 2.81. The van der Waals surface area contributed by atoms with Crippen molar-refractivity contribution < 1.29 is 23.9 Å². The third-order valence-corrected chi connectivity index (χ3v) is 5.17. The van der Waals surface area contributed by atoms with Gasteiger partial charge in [0.1, 0.15) is 11.4 Å². The molecule has 0 saturated carbocycles. The van der Waals surface area contributed by atoms with Crippen molar-refractivity contribution in [2.24, 2.45) is 5.92 Å². The van der Waals surface area contributed by atoms with Crippen LogP contribution in [-0.4, -0.2) is 48.1 Å². The Kier molecular flexibility index (Phi) is 7.92. The summed E-state index contributed by atoms with van der Waals surface area (Å²) >= 11 is 0. The molecule has 1 saturated heterocycles. The van der Waals surface area contributed by atoms with Crippen molar-refractivity contribution in [2.45, 2.75) is 39.2 Å². The molecule has 0 bridgehead atoms. The molecular formula is C25H31N3O5. The van der Waals surface area contributed by atoms with Crippen LogP contribution < -0.4 is 15.6 Å². The van der Waals surface area contributed by atoms with Crippen LogP contribution in [0.4, 0.5) is 4.79 Å². The minimum absolute atomic E-state index is 0.235. The van der Waals surface area contributed by atoms with Gasteiger partial charge in [0, 0.05) is 24.6 Å². The highest BCUT2D eigenvalue weighted by molar-refractivity contribution is 5.84. The fourth-order valence-corrected chi connectivity index (χ4v) is 3.51. The lowest BCUT2D eigenvalue weighted by Gasteiger charge is -2.32. The van der Waals surface area contributed by atoms with Crippen LogP contribution in [0.5, 0.6) is 5.75 Å². The van der Waals surface area contributed by atoms with Gasteiger partial charge in [-0.2, -0.15) is 0 Å². The van der Waals surface area contributed by atoms with Gasteiger partial charge in [0.15, 0.2) is 6.61 Å². The van der Waals surface area contributed by atoms with Gasteiger partial charge in [-0.05, 0) is 45.2 Å². The smallest absolute Gasteiger partial charge is 0.410 e. The Labute approximate surface area is 194 Å². The molecule has 176 valence electrons. The molecule has 0 atom stereocenters. The number of para-hydroxylation sites is 1. The van der Waals surface area contributed by atoms with E-state index in [1.807, 2.05) is 69.3 Å². The first-order chi connectivity index (χ1) is 15.7. The molecule has 0 radical (unpaired) electrons. The van der Waals surface area contributed by atoms with Crippen LogP contribution in [0.3, 0.4) is 0 Å². The van der Waals surface area contributed by atoms with Crippen LogP contribution >= 0.6 is 0 Å². The number of likely N-dealkylation sites (tertiary alicyclic amines) is 1. The molecule has 2 aromatic carbocycles. The summed E-state index contributed by atoms with van der Waals surface area (Å²) in [5.74, 6) is -0.447. The molecule has 3 rings (SSSR count). The number of amides is 3. The molecule has 1 heterocycles. The van der Waals surface area contributed by atoms with Crippen LogP contribution in [0, 0.1) is 5.92 Å². The second kappa shape index (κ2) is 10.8. The van der Waals surface area contributed by atoms with Gasteiger partial charge in [0.25, 0.3) is 5.91 Å². The monoisotopic (exact) mass is 453 g/mol. The zero-order valence-electron chi connectivity index (χ0n) is 19.3. The summed E-state index contributed by atoms with van der Waals surface area (Å²) in [6.07, 6.45) is 0.631. The standard InChI is InChI=1S/C25H31N3O5/c1-25(2,3)33-24(31)28-15-13-19(14-16-28)23(30)27-26-22(29)17-32-21-12-8-7-11-20(21)18-9-5-4-6-10-18/h4-12,19H,13-17H2,1-3H3,(H,26,29)(H,27,30). The highest BCUT2D eigenvalue weighted by Gasteiger charge is 2.30. The summed E-state index contributed by atoms with van der Waals surface area (Å²) in [6, 6.07) is 17.2. The van der Waals surface area contributed by atoms with Crippen LogP contribution in [0.25, 0.3) is 11.1 Å². The van der Waals surface area contributed by atoms with Gasteiger partial charge in [-0.1, -0.05) is 48.5 Å². The number of hydrogen-bond acceptors (Lipinski definition) is 5. The number of carbonyl (C=O) groups excluding carboxylic acids is 3. The molecule has 8 heteroatoms. The van der Waals surface area contributed by atoms with Crippen LogP contribution in [0.15, 0.2) is 54.6 Å². The minimum atomic E-state index is -0.556. The number of piperidine rings is 1. The fourth-order valence-electron chi connectivity index (χ4n) is 3.51. The molecule has 2 N–H and O–H groups in total. The van der Waals surface area contributed by atoms with E-state index in [0.29, 0.717) is 31.7 Å². The lowest BCUT2D eigenvalue weighted by atomic mass is 9.96. The van der Waals surface area contributed by atoms with Crippen molar-refractivity contribution in [3.05, 3.63) is 54.6 Å². The van der Waals surface area contributed by atoms with Gasteiger partial charge in [-0.25, -0.2) is 4.79 Å². The van der Waals surface area contributed by atoms with E-state index in [9.17, 15) is 14.4 Å². The molecule has 3 amide bonds. The number of ether oxygens (including phenoxy) is 2. The van der Waals surface area contributed by atoms with E-state index in [1.165, 1.54) is 0 Å². The molecule has 8 nitrogen and oxygen atoms in total. The van der Waals surface area contributed by atoms with Crippen LogP contribution in [0.1, 0.15) is 33.6 Å². The molecule has 0 aromatic heterocycles. The van der Waals surface area contributed by atoms with Gasteiger partial charge < -0.3 is 14.4 Å². The van der Waals surface area contributed by atoms with E-state index in [4.69, 9.17) is 9.47 Å². The van der Waals surface area contributed by atoms with Crippen molar-refractivity contribution in [2.75, 3.05) is 19.7 Å². The summed E-state index contributed by atoms with van der Waals surface area (Å²) in [5.41, 5.74) is 6.18. The first kappa shape index (κ1) is 24.1. The van der Waals surface area contributed by atoms with Crippen LogP contribution in [-0.2, 0) is 14.3 Å². The zero-order valence-corrected chi connectivity index (χ0v) is 19.3. The van der Waals surface area contributed by atoms with Crippen molar-refractivity contribution in [1.29, 1.82) is 0 Å². The molecule has 2 aromatic rings. The highest BCUT2D eigenvalue weighted by Crippen LogP contribution is 2.29. The summed E-state index contributed by atoms with van der Waals surface area (Å²) in [4.78, 5) is 38.4.